The maximum Gasteiger partial charge on any atom is 0.340 e. The van der Waals surface area contributed by atoms with Crippen molar-refractivity contribution in [2.75, 3.05) is 19.6 Å². The Labute approximate surface area is 164 Å². The van der Waals surface area contributed by atoms with Crippen molar-refractivity contribution in [1.82, 2.24) is 25.4 Å². The Morgan fingerprint density at radius 1 is 1.29 bits per heavy atom. The fraction of sp³-hybridized carbons (Fsp3) is 0.550. The number of aromatic nitrogens is 3. The summed E-state index contributed by atoms with van der Waals surface area (Å²) in [5.74, 6) is 0.791. The third-order valence-electron chi connectivity index (χ3n) is 5.23. The standard InChI is InChI=1S/C20H29N5O3/c1-14(2)16-6-4-15(5-7-16)12-25-11-3-9-20(28,18(25)26)13-21-10-8-17-22-19(27)24-23-17/h4-7,14,21,28H,3,8-13H2,1-2H3,(H2,22,23,24,27)/t20-/m0/s1. The average Bonchev–Trinajstić information content (AvgIpc) is 3.08. The van der Waals surface area contributed by atoms with E-state index in [9.17, 15) is 14.7 Å². The molecule has 0 aliphatic carbocycles. The highest BCUT2D eigenvalue weighted by Crippen LogP contribution is 2.24. The van der Waals surface area contributed by atoms with Gasteiger partial charge in [0.15, 0.2) is 5.60 Å². The molecule has 0 spiro atoms. The van der Waals surface area contributed by atoms with E-state index in [4.69, 9.17) is 0 Å². The molecular weight excluding hydrogens is 358 g/mol. The van der Waals surface area contributed by atoms with Crippen LogP contribution in [0.2, 0.25) is 0 Å². The second-order valence-electron chi connectivity index (χ2n) is 7.81. The first kappa shape index (κ1) is 20.3. The summed E-state index contributed by atoms with van der Waals surface area (Å²) >= 11 is 0. The molecule has 8 heteroatoms. The molecule has 8 nitrogen and oxygen atoms in total. The molecule has 0 saturated carbocycles. The molecule has 2 aromatic rings. The molecule has 1 atom stereocenters. The van der Waals surface area contributed by atoms with Gasteiger partial charge in [-0.15, -0.1) is 0 Å². The highest BCUT2D eigenvalue weighted by molar-refractivity contribution is 5.86. The van der Waals surface area contributed by atoms with Gasteiger partial charge in [-0.3, -0.25) is 9.78 Å². The molecule has 0 radical (unpaired) electrons. The molecule has 1 saturated heterocycles. The van der Waals surface area contributed by atoms with E-state index in [-0.39, 0.29) is 18.1 Å². The Morgan fingerprint density at radius 2 is 2.04 bits per heavy atom. The van der Waals surface area contributed by atoms with E-state index >= 15 is 0 Å². The van der Waals surface area contributed by atoms with Crippen molar-refractivity contribution >= 4 is 5.91 Å². The average molecular weight is 387 g/mol. The zero-order chi connectivity index (χ0) is 20.1. The number of amides is 1. The SMILES string of the molecule is CC(C)c1ccc(CN2CCC[C@](O)(CNCCc3n[nH]c(=O)[nH]3)C2=O)cc1. The van der Waals surface area contributed by atoms with Crippen molar-refractivity contribution in [3.05, 3.63) is 51.7 Å². The predicted octanol–water partition coefficient (Wildman–Crippen LogP) is 0.907. The Balaban J connectivity index is 1.53. The number of aromatic amines is 2. The Hall–Kier alpha value is -2.45. The summed E-state index contributed by atoms with van der Waals surface area (Å²) in [7, 11) is 0. The number of nitrogens with zero attached hydrogens (tertiary/aromatic N) is 2. The highest BCUT2D eigenvalue weighted by atomic mass is 16.3. The molecule has 152 valence electrons. The summed E-state index contributed by atoms with van der Waals surface area (Å²) in [5.41, 5.74) is 0.605. The van der Waals surface area contributed by atoms with Crippen molar-refractivity contribution in [3.63, 3.8) is 0 Å². The third-order valence-corrected chi connectivity index (χ3v) is 5.23. The molecular formula is C20H29N5O3. The molecule has 2 heterocycles. The molecule has 1 fully saturated rings. The van der Waals surface area contributed by atoms with Gasteiger partial charge in [-0.1, -0.05) is 38.1 Å². The van der Waals surface area contributed by atoms with Crippen molar-refractivity contribution in [3.8, 4) is 0 Å². The van der Waals surface area contributed by atoms with Gasteiger partial charge in [0.1, 0.15) is 5.82 Å². The fourth-order valence-electron chi connectivity index (χ4n) is 3.53. The minimum absolute atomic E-state index is 0.184. The Bertz CT molecular complexity index is 842. The largest absolute Gasteiger partial charge is 0.379 e. The normalized spacial score (nSPS) is 20.1. The van der Waals surface area contributed by atoms with Crippen LogP contribution in [-0.2, 0) is 17.8 Å². The second kappa shape index (κ2) is 8.70. The van der Waals surface area contributed by atoms with Crippen LogP contribution in [-0.4, -0.2) is 56.3 Å². The van der Waals surface area contributed by atoms with Crippen LogP contribution >= 0.6 is 0 Å². The molecule has 1 aromatic heterocycles. The maximum absolute atomic E-state index is 12.9. The van der Waals surface area contributed by atoms with E-state index in [1.165, 1.54) is 5.56 Å². The lowest BCUT2D eigenvalue weighted by atomic mass is 9.91. The van der Waals surface area contributed by atoms with E-state index in [2.05, 4.69) is 58.6 Å². The summed E-state index contributed by atoms with van der Waals surface area (Å²) in [6, 6.07) is 8.31. The maximum atomic E-state index is 12.9. The number of carbonyl (C=O) groups is 1. The van der Waals surface area contributed by atoms with Gasteiger partial charge < -0.3 is 15.3 Å². The zero-order valence-corrected chi connectivity index (χ0v) is 16.5. The number of hydrogen-bond donors (Lipinski definition) is 4. The number of nitrogens with one attached hydrogen (secondary N) is 3. The molecule has 3 rings (SSSR count). The number of piperidine rings is 1. The molecule has 0 bridgehead atoms. The van der Waals surface area contributed by atoms with E-state index < -0.39 is 5.60 Å². The van der Waals surface area contributed by atoms with Gasteiger partial charge in [0, 0.05) is 32.6 Å². The molecule has 4 N–H and O–H groups in total. The molecule has 1 amide bonds. The first-order valence-electron chi connectivity index (χ1n) is 9.82. The van der Waals surface area contributed by atoms with E-state index in [0.29, 0.717) is 44.2 Å². The summed E-state index contributed by atoms with van der Waals surface area (Å²) in [5, 5.41) is 20.1. The lowest BCUT2D eigenvalue weighted by Crippen LogP contribution is -2.57. The van der Waals surface area contributed by atoms with Crippen molar-refractivity contribution in [2.24, 2.45) is 0 Å². The molecule has 1 aliphatic heterocycles. The third kappa shape index (κ3) is 4.88. The quantitative estimate of drug-likeness (QED) is 0.503. The predicted molar refractivity (Wildman–Crippen MR) is 106 cm³/mol. The number of rotatable bonds is 8. The van der Waals surface area contributed by atoms with Gasteiger partial charge in [-0.25, -0.2) is 9.89 Å². The minimum atomic E-state index is -1.39. The van der Waals surface area contributed by atoms with Crippen LogP contribution < -0.4 is 11.0 Å². The molecule has 1 aromatic carbocycles. The number of carbonyl (C=O) groups excluding carboxylic acids is 1. The van der Waals surface area contributed by atoms with E-state index in [0.717, 1.165) is 12.0 Å². The van der Waals surface area contributed by atoms with Crippen LogP contribution in [0.15, 0.2) is 29.1 Å². The molecule has 28 heavy (non-hydrogen) atoms. The number of hydrogen-bond acceptors (Lipinski definition) is 5. The monoisotopic (exact) mass is 387 g/mol. The van der Waals surface area contributed by atoms with Gasteiger partial charge in [0.25, 0.3) is 5.91 Å². The van der Waals surface area contributed by atoms with Crippen LogP contribution in [0.5, 0.6) is 0 Å². The smallest absolute Gasteiger partial charge is 0.340 e. The first-order valence-corrected chi connectivity index (χ1v) is 9.82. The second-order valence-corrected chi connectivity index (χ2v) is 7.81. The summed E-state index contributed by atoms with van der Waals surface area (Å²) < 4.78 is 0. The number of H-pyrrole nitrogens is 2. The van der Waals surface area contributed by atoms with Crippen LogP contribution in [0.3, 0.4) is 0 Å². The van der Waals surface area contributed by atoms with E-state index in [1.807, 2.05) is 0 Å². The van der Waals surface area contributed by atoms with Crippen molar-refractivity contribution in [2.45, 2.75) is 51.2 Å². The van der Waals surface area contributed by atoms with Gasteiger partial charge >= 0.3 is 5.69 Å². The van der Waals surface area contributed by atoms with Crippen LogP contribution in [0.4, 0.5) is 0 Å². The van der Waals surface area contributed by atoms with Gasteiger partial charge in [-0.2, -0.15) is 5.10 Å². The highest BCUT2D eigenvalue weighted by Gasteiger charge is 2.41. The van der Waals surface area contributed by atoms with Crippen LogP contribution in [0.1, 0.15) is 49.6 Å². The van der Waals surface area contributed by atoms with Crippen molar-refractivity contribution < 1.29 is 9.90 Å². The Kier molecular flexibility index (Phi) is 6.31. The lowest BCUT2D eigenvalue weighted by molar-refractivity contribution is -0.157. The first-order chi connectivity index (χ1) is 13.4. The van der Waals surface area contributed by atoms with Crippen molar-refractivity contribution in [1.29, 1.82) is 0 Å². The van der Waals surface area contributed by atoms with Gasteiger partial charge in [0.05, 0.1) is 0 Å². The summed E-state index contributed by atoms with van der Waals surface area (Å²) in [6.45, 7) is 6.16. The number of aliphatic hydroxyl groups is 1. The molecule has 0 unspecified atom stereocenters. The zero-order valence-electron chi connectivity index (χ0n) is 16.5. The van der Waals surface area contributed by atoms with Crippen LogP contribution in [0.25, 0.3) is 0 Å². The summed E-state index contributed by atoms with van der Waals surface area (Å²) in [4.78, 5) is 28.2. The minimum Gasteiger partial charge on any atom is -0.379 e. The fourth-order valence-corrected chi connectivity index (χ4v) is 3.53. The number of benzene rings is 1. The van der Waals surface area contributed by atoms with Gasteiger partial charge in [-0.05, 0) is 29.9 Å². The number of likely N-dealkylation sites (tertiary alicyclic amines) is 1. The lowest BCUT2D eigenvalue weighted by Gasteiger charge is -2.38. The Morgan fingerprint density at radius 3 is 2.68 bits per heavy atom. The van der Waals surface area contributed by atoms with Crippen LogP contribution in [0, 0.1) is 0 Å². The summed E-state index contributed by atoms with van der Waals surface area (Å²) in [6.07, 6.45) is 1.72. The van der Waals surface area contributed by atoms with Gasteiger partial charge in [0.2, 0.25) is 0 Å². The van der Waals surface area contributed by atoms with E-state index in [1.54, 1.807) is 4.90 Å². The topological polar surface area (TPSA) is 114 Å². The molecule has 1 aliphatic rings.